The molecule has 5 nitrogen and oxygen atoms in total. The number of phenolic OH excluding ortho intramolecular Hbond substituents is 1. The van der Waals surface area contributed by atoms with Crippen molar-refractivity contribution in [3.05, 3.63) is 29.8 Å². The van der Waals surface area contributed by atoms with E-state index >= 15 is 0 Å². The van der Waals surface area contributed by atoms with E-state index in [9.17, 15) is 9.90 Å². The number of aromatic hydroxyl groups is 1. The predicted octanol–water partition coefficient (Wildman–Crippen LogP) is 1.62. The number of ether oxygens (including phenoxy) is 2. The molecular formula is C15H23NO4. The largest absolute Gasteiger partial charge is 0.508 e. The van der Waals surface area contributed by atoms with Crippen LogP contribution in [0.25, 0.3) is 0 Å². The first-order chi connectivity index (χ1) is 9.34. The summed E-state index contributed by atoms with van der Waals surface area (Å²) in [6, 6.07) is 5.89. The van der Waals surface area contributed by atoms with E-state index in [-0.39, 0.29) is 18.0 Å². The molecule has 0 saturated carbocycles. The zero-order valence-corrected chi connectivity index (χ0v) is 12.3. The van der Waals surface area contributed by atoms with Crippen LogP contribution in [-0.2, 0) is 20.7 Å². The Bertz CT molecular complexity index is 428. The first-order valence-electron chi connectivity index (χ1n) is 6.59. The topological polar surface area (TPSA) is 81.8 Å². The summed E-state index contributed by atoms with van der Waals surface area (Å²) in [4.78, 5) is 11.8. The van der Waals surface area contributed by atoms with E-state index < -0.39 is 12.0 Å². The molecule has 20 heavy (non-hydrogen) atoms. The van der Waals surface area contributed by atoms with Gasteiger partial charge in [-0.25, -0.2) is 0 Å². The molecule has 0 radical (unpaired) electrons. The van der Waals surface area contributed by atoms with Crippen molar-refractivity contribution < 1.29 is 19.4 Å². The van der Waals surface area contributed by atoms with Crippen LogP contribution in [0.15, 0.2) is 24.3 Å². The molecule has 0 aliphatic heterocycles. The maximum Gasteiger partial charge on any atom is 0.323 e. The molecule has 0 aliphatic carbocycles. The summed E-state index contributed by atoms with van der Waals surface area (Å²) in [5.74, 6) is -0.239. The van der Waals surface area contributed by atoms with E-state index in [2.05, 4.69) is 0 Å². The third-order valence-electron chi connectivity index (χ3n) is 3.20. The third-order valence-corrected chi connectivity index (χ3v) is 3.20. The Balaban J connectivity index is 2.38. The summed E-state index contributed by atoms with van der Waals surface area (Å²) in [5, 5.41) is 9.18. The molecule has 0 unspecified atom stereocenters. The van der Waals surface area contributed by atoms with E-state index in [1.807, 2.05) is 13.8 Å². The second kappa shape index (κ2) is 7.26. The fourth-order valence-electron chi connectivity index (χ4n) is 1.58. The minimum Gasteiger partial charge on any atom is -0.508 e. The zero-order valence-electron chi connectivity index (χ0n) is 12.3. The summed E-state index contributed by atoms with van der Waals surface area (Å²) < 4.78 is 10.4. The van der Waals surface area contributed by atoms with Crippen LogP contribution < -0.4 is 5.73 Å². The number of nitrogens with two attached hydrogens (primary N) is 1. The molecule has 0 bridgehead atoms. The van der Waals surface area contributed by atoms with Crippen molar-refractivity contribution in [3.63, 3.8) is 0 Å². The lowest BCUT2D eigenvalue weighted by Crippen LogP contribution is -2.35. The summed E-state index contributed by atoms with van der Waals surface area (Å²) in [6.07, 6.45) is 0.994. The Morgan fingerprint density at radius 1 is 1.35 bits per heavy atom. The van der Waals surface area contributed by atoms with Gasteiger partial charge in [-0.1, -0.05) is 12.1 Å². The Kier molecular flexibility index (Phi) is 5.98. The van der Waals surface area contributed by atoms with Gasteiger partial charge in [-0.15, -0.1) is 0 Å². The van der Waals surface area contributed by atoms with Gasteiger partial charge in [0.15, 0.2) is 0 Å². The van der Waals surface area contributed by atoms with Gasteiger partial charge in [0.25, 0.3) is 0 Å². The Hall–Kier alpha value is -1.59. The number of carbonyl (C=O) groups excluding carboxylic acids is 1. The minimum atomic E-state index is -0.704. The monoisotopic (exact) mass is 281 g/mol. The SMILES string of the molecule is COC(C)(C)CCOC(=O)[C@H](N)Cc1ccc(O)cc1. The van der Waals surface area contributed by atoms with Gasteiger partial charge in [0.2, 0.25) is 0 Å². The maximum absolute atomic E-state index is 11.8. The van der Waals surface area contributed by atoms with E-state index in [4.69, 9.17) is 15.2 Å². The molecule has 0 aliphatic rings. The van der Waals surface area contributed by atoms with Gasteiger partial charge in [-0.2, -0.15) is 0 Å². The zero-order chi connectivity index (χ0) is 15.2. The number of phenols is 1. The Morgan fingerprint density at radius 2 is 1.95 bits per heavy atom. The maximum atomic E-state index is 11.8. The highest BCUT2D eigenvalue weighted by molar-refractivity contribution is 5.75. The van der Waals surface area contributed by atoms with Crippen LogP contribution in [0.4, 0.5) is 0 Å². The summed E-state index contributed by atoms with van der Waals surface area (Å²) in [6.45, 7) is 4.14. The number of rotatable bonds is 7. The lowest BCUT2D eigenvalue weighted by atomic mass is 10.1. The highest BCUT2D eigenvalue weighted by Gasteiger charge is 2.19. The van der Waals surface area contributed by atoms with Crippen LogP contribution in [-0.4, -0.2) is 36.4 Å². The normalized spacial score (nSPS) is 13.0. The van der Waals surface area contributed by atoms with E-state index in [0.717, 1.165) is 5.56 Å². The number of hydrogen-bond acceptors (Lipinski definition) is 5. The van der Waals surface area contributed by atoms with E-state index in [1.54, 1.807) is 31.4 Å². The molecule has 1 atom stereocenters. The fraction of sp³-hybridized carbons (Fsp3) is 0.533. The lowest BCUT2D eigenvalue weighted by molar-refractivity contribution is -0.146. The molecule has 0 amide bonds. The number of esters is 1. The second-order valence-electron chi connectivity index (χ2n) is 5.36. The van der Waals surface area contributed by atoms with Gasteiger partial charge in [-0.3, -0.25) is 4.79 Å². The van der Waals surface area contributed by atoms with Crippen LogP contribution in [0.2, 0.25) is 0 Å². The van der Waals surface area contributed by atoms with Crippen molar-refractivity contribution in [3.8, 4) is 5.75 Å². The number of methoxy groups -OCH3 is 1. The lowest BCUT2D eigenvalue weighted by Gasteiger charge is -2.22. The van der Waals surface area contributed by atoms with Gasteiger partial charge < -0.3 is 20.3 Å². The van der Waals surface area contributed by atoms with Crippen LogP contribution in [0.1, 0.15) is 25.8 Å². The predicted molar refractivity (Wildman–Crippen MR) is 76.5 cm³/mol. The van der Waals surface area contributed by atoms with Crippen molar-refractivity contribution in [1.29, 1.82) is 0 Å². The first-order valence-corrected chi connectivity index (χ1v) is 6.59. The van der Waals surface area contributed by atoms with Crippen molar-refractivity contribution in [2.75, 3.05) is 13.7 Å². The van der Waals surface area contributed by atoms with Crippen LogP contribution in [0.3, 0.4) is 0 Å². The molecular weight excluding hydrogens is 258 g/mol. The van der Waals surface area contributed by atoms with Crippen molar-refractivity contribution in [1.82, 2.24) is 0 Å². The molecule has 3 N–H and O–H groups in total. The molecule has 1 aromatic carbocycles. The van der Waals surface area contributed by atoms with Gasteiger partial charge in [-0.05, 0) is 38.0 Å². The number of hydrogen-bond donors (Lipinski definition) is 2. The Morgan fingerprint density at radius 3 is 2.50 bits per heavy atom. The number of benzene rings is 1. The van der Waals surface area contributed by atoms with Crippen LogP contribution in [0, 0.1) is 0 Å². The average Bonchev–Trinajstić information content (AvgIpc) is 2.41. The van der Waals surface area contributed by atoms with E-state index in [1.165, 1.54) is 0 Å². The molecule has 5 heteroatoms. The van der Waals surface area contributed by atoms with Gasteiger partial charge in [0.05, 0.1) is 12.2 Å². The highest BCUT2D eigenvalue weighted by Crippen LogP contribution is 2.13. The first kappa shape index (κ1) is 16.5. The van der Waals surface area contributed by atoms with Gasteiger partial charge in [0, 0.05) is 13.5 Å². The molecule has 0 aromatic heterocycles. The minimum absolute atomic E-state index is 0.187. The van der Waals surface area contributed by atoms with Crippen LogP contribution >= 0.6 is 0 Å². The van der Waals surface area contributed by atoms with Crippen LogP contribution in [0.5, 0.6) is 5.75 Å². The third kappa shape index (κ3) is 5.59. The van der Waals surface area contributed by atoms with E-state index in [0.29, 0.717) is 12.8 Å². The highest BCUT2D eigenvalue weighted by atomic mass is 16.5. The molecule has 0 fully saturated rings. The molecule has 0 spiro atoms. The van der Waals surface area contributed by atoms with Crippen molar-refractivity contribution >= 4 is 5.97 Å². The second-order valence-corrected chi connectivity index (χ2v) is 5.36. The quantitative estimate of drug-likeness (QED) is 0.742. The smallest absolute Gasteiger partial charge is 0.323 e. The van der Waals surface area contributed by atoms with Crippen molar-refractivity contribution in [2.45, 2.75) is 38.3 Å². The number of carbonyl (C=O) groups is 1. The molecule has 1 aromatic rings. The molecule has 1 rings (SSSR count). The summed E-state index contributed by atoms with van der Waals surface area (Å²) in [5.41, 5.74) is 6.36. The molecule has 0 heterocycles. The summed E-state index contributed by atoms with van der Waals surface area (Å²) >= 11 is 0. The van der Waals surface area contributed by atoms with Gasteiger partial charge in [0.1, 0.15) is 11.8 Å². The standard InChI is InChI=1S/C15H23NO4/c1-15(2,19-3)8-9-20-14(18)13(16)10-11-4-6-12(17)7-5-11/h4-7,13,17H,8-10,16H2,1-3H3/t13-/m1/s1. The average molecular weight is 281 g/mol. The van der Waals surface area contributed by atoms with Gasteiger partial charge >= 0.3 is 5.97 Å². The fourth-order valence-corrected chi connectivity index (χ4v) is 1.58. The Labute approximate surface area is 119 Å². The van der Waals surface area contributed by atoms with Crippen molar-refractivity contribution in [2.24, 2.45) is 5.73 Å². The summed E-state index contributed by atoms with van der Waals surface area (Å²) in [7, 11) is 1.62. The molecule has 0 saturated heterocycles. The molecule has 112 valence electrons.